The van der Waals surface area contributed by atoms with Gasteiger partial charge >= 0.3 is 0 Å². The lowest BCUT2D eigenvalue weighted by molar-refractivity contribution is 0.727. The van der Waals surface area contributed by atoms with Crippen molar-refractivity contribution < 1.29 is 0 Å². The molecular weight excluding hydrogens is 148 g/mol. The van der Waals surface area contributed by atoms with Gasteiger partial charge in [0.15, 0.2) is 0 Å². The maximum Gasteiger partial charge on any atom is 0.0622 e. The van der Waals surface area contributed by atoms with E-state index in [0.717, 1.165) is 6.54 Å². The molecule has 0 aromatic carbocycles. The summed E-state index contributed by atoms with van der Waals surface area (Å²) < 4.78 is 4.30. The van der Waals surface area contributed by atoms with Crippen LogP contribution in [0.25, 0.3) is 0 Å². The molecule has 0 saturated carbocycles. The van der Waals surface area contributed by atoms with Gasteiger partial charge in [-0.05, 0) is 24.3 Å². The van der Waals surface area contributed by atoms with Crippen LogP contribution in [-0.2, 0) is 13.6 Å². The Balaban J connectivity index is 2.20. The molecule has 2 aromatic rings. The molecule has 2 heterocycles. The molecule has 2 nitrogen and oxygen atoms in total. The van der Waals surface area contributed by atoms with Gasteiger partial charge in [0.1, 0.15) is 0 Å². The zero-order valence-electron chi connectivity index (χ0n) is 7.14. The van der Waals surface area contributed by atoms with Gasteiger partial charge in [-0.25, -0.2) is 0 Å². The molecule has 0 saturated heterocycles. The number of aromatic nitrogens is 2. The highest BCUT2D eigenvalue weighted by Crippen LogP contribution is 2.02. The summed E-state index contributed by atoms with van der Waals surface area (Å²) in [5, 5.41) is 0. The number of nitrogens with zero attached hydrogens (tertiary/aromatic N) is 2. The minimum absolute atomic E-state index is 0.955. The third kappa shape index (κ3) is 1.28. The lowest BCUT2D eigenvalue weighted by Crippen LogP contribution is -2.01. The van der Waals surface area contributed by atoms with Crippen molar-refractivity contribution in [2.75, 3.05) is 0 Å². The first-order valence-corrected chi connectivity index (χ1v) is 4.07. The number of hydrogen-bond donors (Lipinski definition) is 0. The molecule has 2 heteroatoms. The molecule has 62 valence electrons. The zero-order chi connectivity index (χ0) is 8.39. The summed E-state index contributed by atoms with van der Waals surface area (Å²) in [6.07, 6.45) is 6.22. The molecule has 2 aromatic heterocycles. The number of hydrogen-bond acceptors (Lipinski definition) is 0. The van der Waals surface area contributed by atoms with Crippen molar-refractivity contribution in [3.63, 3.8) is 0 Å². The topological polar surface area (TPSA) is 9.86 Å². The van der Waals surface area contributed by atoms with Crippen LogP contribution in [0, 0.1) is 0 Å². The van der Waals surface area contributed by atoms with E-state index < -0.39 is 0 Å². The quantitative estimate of drug-likeness (QED) is 0.634. The molecule has 0 N–H and O–H groups in total. The normalized spacial score (nSPS) is 10.4. The highest BCUT2D eigenvalue weighted by molar-refractivity contribution is 5.08. The summed E-state index contributed by atoms with van der Waals surface area (Å²) in [5.41, 5.74) is 1.33. The monoisotopic (exact) mass is 160 g/mol. The van der Waals surface area contributed by atoms with Gasteiger partial charge in [0.05, 0.1) is 6.54 Å². The molecular formula is C10H12N2. The Morgan fingerprint density at radius 3 is 2.42 bits per heavy atom. The molecule has 0 aliphatic carbocycles. The van der Waals surface area contributed by atoms with Crippen molar-refractivity contribution in [3.8, 4) is 0 Å². The van der Waals surface area contributed by atoms with Crippen LogP contribution in [0.1, 0.15) is 5.69 Å². The van der Waals surface area contributed by atoms with E-state index in [1.54, 1.807) is 0 Å². The Kier molecular flexibility index (Phi) is 1.74. The highest BCUT2D eigenvalue weighted by Gasteiger charge is 1.95. The summed E-state index contributed by atoms with van der Waals surface area (Å²) in [6, 6.07) is 8.30. The first-order chi connectivity index (χ1) is 5.86. The van der Waals surface area contributed by atoms with E-state index in [1.807, 2.05) is 12.1 Å². The summed E-state index contributed by atoms with van der Waals surface area (Å²) in [6.45, 7) is 0.955. The molecule has 0 unspecified atom stereocenters. The smallest absolute Gasteiger partial charge is 0.0622 e. The van der Waals surface area contributed by atoms with E-state index in [-0.39, 0.29) is 0 Å². The number of aryl methyl sites for hydroxylation is 1. The first-order valence-electron chi connectivity index (χ1n) is 4.07. The Morgan fingerprint density at radius 2 is 1.83 bits per heavy atom. The predicted molar refractivity (Wildman–Crippen MR) is 48.9 cm³/mol. The molecule has 0 bridgehead atoms. The van der Waals surface area contributed by atoms with Gasteiger partial charge in [-0.2, -0.15) is 0 Å². The van der Waals surface area contributed by atoms with Crippen LogP contribution in [-0.4, -0.2) is 9.13 Å². The van der Waals surface area contributed by atoms with Crippen molar-refractivity contribution in [2.45, 2.75) is 6.54 Å². The summed E-state index contributed by atoms with van der Waals surface area (Å²) in [4.78, 5) is 0. The van der Waals surface area contributed by atoms with Gasteiger partial charge in [0.25, 0.3) is 0 Å². The van der Waals surface area contributed by atoms with E-state index in [1.165, 1.54) is 5.69 Å². The van der Waals surface area contributed by atoms with E-state index in [0.29, 0.717) is 0 Å². The molecule has 2 rings (SSSR count). The highest BCUT2D eigenvalue weighted by atomic mass is 15.0. The minimum Gasteiger partial charge on any atom is -0.353 e. The van der Waals surface area contributed by atoms with Gasteiger partial charge < -0.3 is 9.13 Å². The Labute approximate surface area is 72.1 Å². The standard InChI is InChI=1S/C10H12N2/c1-11-6-4-5-10(11)9-12-7-2-3-8-12/h2-8H,9H2,1H3. The van der Waals surface area contributed by atoms with Crippen LogP contribution in [0.2, 0.25) is 0 Å². The second-order valence-corrected chi connectivity index (χ2v) is 2.97. The molecule has 12 heavy (non-hydrogen) atoms. The molecule has 0 aliphatic heterocycles. The van der Waals surface area contributed by atoms with E-state index >= 15 is 0 Å². The third-order valence-corrected chi connectivity index (χ3v) is 2.06. The van der Waals surface area contributed by atoms with Gasteiger partial charge in [-0.3, -0.25) is 0 Å². The van der Waals surface area contributed by atoms with Crippen LogP contribution >= 0.6 is 0 Å². The van der Waals surface area contributed by atoms with Crippen molar-refractivity contribution >= 4 is 0 Å². The van der Waals surface area contributed by atoms with Crippen LogP contribution in [0.5, 0.6) is 0 Å². The van der Waals surface area contributed by atoms with Crippen molar-refractivity contribution in [1.82, 2.24) is 9.13 Å². The van der Waals surface area contributed by atoms with Crippen molar-refractivity contribution in [3.05, 3.63) is 48.5 Å². The van der Waals surface area contributed by atoms with Gasteiger partial charge in [-0.1, -0.05) is 0 Å². The fraction of sp³-hybridized carbons (Fsp3) is 0.200. The fourth-order valence-electron chi connectivity index (χ4n) is 1.32. The van der Waals surface area contributed by atoms with E-state index in [4.69, 9.17) is 0 Å². The average molecular weight is 160 g/mol. The maximum atomic E-state index is 2.16. The summed E-state index contributed by atoms with van der Waals surface area (Å²) in [7, 11) is 2.07. The van der Waals surface area contributed by atoms with Gasteiger partial charge in [0.2, 0.25) is 0 Å². The van der Waals surface area contributed by atoms with E-state index in [9.17, 15) is 0 Å². The van der Waals surface area contributed by atoms with E-state index in [2.05, 4.69) is 46.9 Å². The first kappa shape index (κ1) is 7.22. The molecule has 0 fully saturated rings. The van der Waals surface area contributed by atoms with Gasteiger partial charge in [0, 0.05) is 31.3 Å². The van der Waals surface area contributed by atoms with Crippen molar-refractivity contribution in [1.29, 1.82) is 0 Å². The lowest BCUT2D eigenvalue weighted by Gasteiger charge is -2.03. The lowest BCUT2D eigenvalue weighted by atomic mass is 10.4. The fourth-order valence-corrected chi connectivity index (χ4v) is 1.32. The summed E-state index contributed by atoms with van der Waals surface area (Å²) in [5.74, 6) is 0. The third-order valence-electron chi connectivity index (χ3n) is 2.06. The van der Waals surface area contributed by atoms with Crippen LogP contribution in [0.4, 0.5) is 0 Å². The summed E-state index contributed by atoms with van der Waals surface area (Å²) >= 11 is 0. The Hall–Kier alpha value is -1.44. The molecule has 0 atom stereocenters. The average Bonchev–Trinajstić information content (AvgIpc) is 2.65. The second-order valence-electron chi connectivity index (χ2n) is 2.97. The molecule has 0 radical (unpaired) electrons. The SMILES string of the molecule is Cn1cccc1Cn1cccc1. The maximum absolute atomic E-state index is 2.16. The molecule has 0 amide bonds. The zero-order valence-corrected chi connectivity index (χ0v) is 7.14. The minimum atomic E-state index is 0.955. The predicted octanol–water partition coefficient (Wildman–Crippen LogP) is 1.87. The van der Waals surface area contributed by atoms with Crippen LogP contribution in [0.15, 0.2) is 42.9 Å². The van der Waals surface area contributed by atoms with Gasteiger partial charge in [-0.15, -0.1) is 0 Å². The Morgan fingerprint density at radius 1 is 1.08 bits per heavy atom. The second kappa shape index (κ2) is 2.89. The molecule has 0 spiro atoms. The van der Waals surface area contributed by atoms with Crippen molar-refractivity contribution in [2.24, 2.45) is 7.05 Å². The number of rotatable bonds is 2. The largest absolute Gasteiger partial charge is 0.353 e. The van der Waals surface area contributed by atoms with Crippen LogP contribution < -0.4 is 0 Å². The Bertz CT molecular complexity index is 344. The molecule has 0 aliphatic rings. The van der Waals surface area contributed by atoms with Crippen LogP contribution in [0.3, 0.4) is 0 Å².